The number of aryl methyl sites for hydroxylation is 1. The minimum Gasteiger partial charge on any atom is -0.457 e. The van der Waals surface area contributed by atoms with Crippen LogP contribution in [0.4, 0.5) is 0 Å². The SMILES string of the molecule is Cc1cccc(Oc2ccccc2CNC(C)C)c1C. The summed E-state index contributed by atoms with van der Waals surface area (Å²) in [5, 5.41) is 3.43. The molecule has 0 saturated carbocycles. The summed E-state index contributed by atoms with van der Waals surface area (Å²) < 4.78 is 6.11. The average Bonchev–Trinajstić information content (AvgIpc) is 2.43. The van der Waals surface area contributed by atoms with Crippen LogP contribution in [0.25, 0.3) is 0 Å². The predicted octanol–water partition coefficient (Wildman–Crippen LogP) is 4.59. The maximum absolute atomic E-state index is 6.11. The largest absolute Gasteiger partial charge is 0.457 e. The molecule has 0 aliphatic carbocycles. The second kappa shape index (κ2) is 6.58. The zero-order chi connectivity index (χ0) is 14.5. The summed E-state index contributed by atoms with van der Waals surface area (Å²) >= 11 is 0. The van der Waals surface area contributed by atoms with Crippen LogP contribution in [0.2, 0.25) is 0 Å². The summed E-state index contributed by atoms with van der Waals surface area (Å²) in [5.74, 6) is 1.86. The Morgan fingerprint density at radius 1 is 0.950 bits per heavy atom. The van der Waals surface area contributed by atoms with Gasteiger partial charge < -0.3 is 10.1 Å². The molecule has 2 aromatic rings. The Morgan fingerprint density at radius 3 is 2.40 bits per heavy atom. The van der Waals surface area contributed by atoms with E-state index in [4.69, 9.17) is 4.74 Å². The van der Waals surface area contributed by atoms with E-state index in [0.29, 0.717) is 6.04 Å². The molecule has 0 aliphatic heterocycles. The number of benzene rings is 2. The lowest BCUT2D eigenvalue weighted by atomic mass is 10.1. The third-order valence-corrected chi connectivity index (χ3v) is 3.45. The van der Waals surface area contributed by atoms with Gasteiger partial charge in [0.15, 0.2) is 0 Å². The van der Waals surface area contributed by atoms with Crippen molar-refractivity contribution in [3.63, 3.8) is 0 Å². The normalized spacial score (nSPS) is 10.8. The minimum atomic E-state index is 0.462. The Balaban J connectivity index is 2.22. The summed E-state index contributed by atoms with van der Waals surface area (Å²) in [6.07, 6.45) is 0. The predicted molar refractivity (Wildman–Crippen MR) is 84.4 cm³/mol. The molecule has 2 aromatic carbocycles. The van der Waals surface area contributed by atoms with Crippen LogP contribution in [0.15, 0.2) is 42.5 Å². The average molecular weight is 269 g/mol. The van der Waals surface area contributed by atoms with Gasteiger partial charge in [-0.3, -0.25) is 0 Å². The van der Waals surface area contributed by atoms with Crippen molar-refractivity contribution in [1.29, 1.82) is 0 Å². The van der Waals surface area contributed by atoms with Crippen molar-refractivity contribution in [2.24, 2.45) is 0 Å². The Kier molecular flexibility index (Phi) is 4.80. The second-order valence-corrected chi connectivity index (χ2v) is 5.44. The van der Waals surface area contributed by atoms with E-state index in [-0.39, 0.29) is 0 Å². The molecule has 0 heterocycles. The molecule has 0 aromatic heterocycles. The Bertz CT molecular complexity index is 575. The van der Waals surface area contributed by atoms with Crippen molar-refractivity contribution in [3.8, 4) is 11.5 Å². The highest BCUT2D eigenvalue weighted by Crippen LogP contribution is 2.29. The fourth-order valence-electron chi connectivity index (χ4n) is 2.02. The number of hydrogen-bond donors (Lipinski definition) is 1. The fourth-order valence-corrected chi connectivity index (χ4v) is 2.02. The Morgan fingerprint density at radius 2 is 1.65 bits per heavy atom. The second-order valence-electron chi connectivity index (χ2n) is 5.44. The molecular weight excluding hydrogens is 246 g/mol. The molecule has 2 nitrogen and oxygen atoms in total. The lowest BCUT2D eigenvalue weighted by Crippen LogP contribution is -2.22. The van der Waals surface area contributed by atoms with Gasteiger partial charge >= 0.3 is 0 Å². The quantitative estimate of drug-likeness (QED) is 0.857. The molecule has 0 fully saturated rings. The number of para-hydroxylation sites is 1. The van der Waals surface area contributed by atoms with Gasteiger partial charge in [0.25, 0.3) is 0 Å². The van der Waals surface area contributed by atoms with Gasteiger partial charge in [-0.05, 0) is 37.1 Å². The van der Waals surface area contributed by atoms with E-state index in [0.717, 1.165) is 18.0 Å². The van der Waals surface area contributed by atoms with Crippen LogP contribution >= 0.6 is 0 Å². The van der Waals surface area contributed by atoms with E-state index in [2.05, 4.69) is 45.1 Å². The molecule has 0 radical (unpaired) electrons. The monoisotopic (exact) mass is 269 g/mol. The molecule has 2 heteroatoms. The van der Waals surface area contributed by atoms with E-state index in [9.17, 15) is 0 Å². The molecular formula is C18H23NO. The van der Waals surface area contributed by atoms with Crippen molar-refractivity contribution < 1.29 is 4.74 Å². The van der Waals surface area contributed by atoms with Crippen molar-refractivity contribution >= 4 is 0 Å². The molecule has 0 saturated heterocycles. The first kappa shape index (κ1) is 14.6. The zero-order valence-corrected chi connectivity index (χ0v) is 12.7. The third-order valence-electron chi connectivity index (χ3n) is 3.45. The first-order chi connectivity index (χ1) is 9.58. The Labute approximate surface area is 121 Å². The van der Waals surface area contributed by atoms with E-state index < -0.39 is 0 Å². The molecule has 20 heavy (non-hydrogen) atoms. The van der Waals surface area contributed by atoms with Gasteiger partial charge in [0.05, 0.1) is 0 Å². The molecule has 0 unspecified atom stereocenters. The summed E-state index contributed by atoms with van der Waals surface area (Å²) in [5.41, 5.74) is 3.63. The summed E-state index contributed by atoms with van der Waals surface area (Å²) in [6.45, 7) is 9.31. The smallest absolute Gasteiger partial charge is 0.131 e. The maximum atomic E-state index is 6.11. The molecule has 0 spiro atoms. The first-order valence-corrected chi connectivity index (χ1v) is 7.13. The number of hydrogen-bond acceptors (Lipinski definition) is 2. The van der Waals surface area contributed by atoms with Crippen LogP contribution < -0.4 is 10.1 Å². The molecule has 2 rings (SSSR count). The topological polar surface area (TPSA) is 21.3 Å². The molecule has 0 bridgehead atoms. The maximum Gasteiger partial charge on any atom is 0.131 e. The lowest BCUT2D eigenvalue weighted by molar-refractivity contribution is 0.465. The van der Waals surface area contributed by atoms with Gasteiger partial charge in [0.1, 0.15) is 11.5 Å². The molecule has 0 amide bonds. The first-order valence-electron chi connectivity index (χ1n) is 7.13. The highest BCUT2D eigenvalue weighted by atomic mass is 16.5. The van der Waals surface area contributed by atoms with Gasteiger partial charge in [0.2, 0.25) is 0 Å². The van der Waals surface area contributed by atoms with E-state index >= 15 is 0 Å². The van der Waals surface area contributed by atoms with Crippen LogP contribution in [0.3, 0.4) is 0 Å². The van der Waals surface area contributed by atoms with E-state index in [1.165, 1.54) is 16.7 Å². The highest BCUT2D eigenvalue weighted by Gasteiger charge is 2.07. The van der Waals surface area contributed by atoms with Gasteiger partial charge in [-0.2, -0.15) is 0 Å². The molecule has 0 aliphatic rings. The van der Waals surface area contributed by atoms with Crippen LogP contribution in [0.5, 0.6) is 11.5 Å². The summed E-state index contributed by atoms with van der Waals surface area (Å²) in [7, 11) is 0. The summed E-state index contributed by atoms with van der Waals surface area (Å²) in [4.78, 5) is 0. The van der Waals surface area contributed by atoms with Crippen molar-refractivity contribution in [3.05, 3.63) is 59.2 Å². The number of rotatable bonds is 5. The summed E-state index contributed by atoms with van der Waals surface area (Å²) in [6, 6.07) is 14.8. The van der Waals surface area contributed by atoms with Gasteiger partial charge in [-0.25, -0.2) is 0 Å². The van der Waals surface area contributed by atoms with Crippen LogP contribution in [-0.2, 0) is 6.54 Å². The fraction of sp³-hybridized carbons (Fsp3) is 0.333. The molecule has 0 atom stereocenters. The zero-order valence-electron chi connectivity index (χ0n) is 12.7. The molecule has 106 valence electrons. The number of ether oxygens (including phenoxy) is 1. The van der Waals surface area contributed by atoms with Crippen LogP contribution in [0.1, 0.15) is 30.5 Å². The van der Waals surface area contributed by atoms with Gasteiger partial charge in [-0.15, -0.1) is 0 Å². The van der Waals surface area contributed by atoms with Crippen molar-refractivity contribution in [1.82, 2.24) is 5.32 Å². The molecule has 1 N–H and O–H groups in total. The highest BCUT2D eigenvalue weighted by molar-refractivity contribution is 5.43. The van der Waals surface area contributed by atoms with Crippen molar-refractivity contribution in [2.75, 3.05) is 0 Å². The van der Waals surface area contributed by atoms with E-state index in [1.807, 2.05) is 30.3 Å². The van der Waals surface area contributed by atoms with Crippen molar-refractivity contribution in [2.45, 2.75) is 40.3 Å². The minimum absolute atomic E-state index is 0.462. The van der Waals surface area contributed by atoms with Crippen LogP contribution in [-0.4, -0.2) is 6.04 Å². The Hall–Kier alpha value is -1.80. The van der Waals surface area contributed by atoms with E-state index in [1.54, 1.807) is 0 Å². The van der Waals surface area contributed by atoms with Gasteiger partial charge in [-0.1, -0.05) is 44.2 Å². The third kappa shape index (κ3) is 3.61. The number of nitrogens with one attached hydrogen (secondary N) is 1. The standard InChI is InChI=1S/C18H23NO/c1-13(2)19-12-16-9-5-6-10-18(16)20-17-11-7-8-14(3)15(17)4/h5-11,13,19H,12H2,1-4H3. The van der Waals surface area contributed by atoms with Crippen LogP contribution in [0, 0.1) is 13.8 Å². The lowest BCUT2D eigenvalue weighted by Gasteiger charge is -2.15. The van der Waals surface area contributed by atoms with Gasteiger partial charge in [0, 0.05) is 18.2 Å².